The van der Waals surface area contributed by atoms with Crippen molar-refractivity contribution in [2.75, 3.05) is 0 Å². The third-order valence-corrected chi connectivity index (χ3v) is 4.93. The number of rotatable bonds is 4. The molecule has 2 aliphatic rings. The van der Waals surface area contributed by atoms with Crippen LogP contribution in [0.15, 0.2) is 24.3 Å². The summed E-state index contributed by atoms with van der Waals surface area (Å²) in [6.07, 6.45) is -1.71. The Kier molecular flexibility index (Phi) is 5.65. The summed E-state index contributed by atoms with van der Waals surface area (Å²) < 4.78 is 41.2. The van der Waals surface area contributed by atoms with Crippen LogP contribution in [0.2, 0.25) is 0 Å². The highest BCUT2D eigenvalue weighted by Gasteiger charge is 2.48. The van der Waals surface area contributed by atoms with Crippen molar-refractivity contribution in [1.29, 1.82) is 0 Å². The number of nitrogens with two attached hydrogens (primary N) is 1. The molecule has 1 aromatic carbocycles. The normalized spacial score (nSPS) is 28.3. The van der Waals surface area contributed by atoms with Crippen molar-refractivity contribution in [3.05, 3.63) is 29.8 Å². The van der Waals surface area contributed by atoms with Crippen LogP contribution in [-0.2, 0) is 11.3 Å². The topological polar surface area (TPSA) is 64.4 Å². The van der Waals surface area contributed by atoms with Gasteiger partial charge in [0.1, 0.15) is 5.75 Å². The fraction of sp³-hybridized carbons (Fsp3) is 0.562. The summed E-state index contributed by atoms with van der Waals surface area (Å²) in [5.74, 6) is 0.00164. The van der Waals surface area contributed by atoms with Crippen LogP contribution in [0.3, 0.4) is 0 Å². The number of benzene rings is 1. The Labute approximate surface area is 144 Å². The van der Waals surface area contributed by atoms with Crippen LogP contribution >= 0.6 is 12.4 Å². The quantitative estimate of drug-likeness (QED) is 0.863. The van der Waals surface area contributed by atoms with Crippen molar-refractivity contribution >= 4 is 18.3 Å². The molecule has 4 atom stereocenters. The molecule has 1 amide bonds. The smallest absolute Gasteiger partial charge is 0.405 e. The predicted molar refractivity (Wildman–Crippen MR) is 84.5 cm³/mol. The minimum absolute atomic E-state index is 0. The van der Waals surface area contributed by atoms with Crippen LogP contribution in [0.25, 0.3) is 0 Å². The van der Waals surface area contributed by atoms with Gasteiger partial charge in [-0.1, -0.05) is 18.2 Å². The molecule has 0 heterocycles. The number of halogens is 4. The molecule has 1 aromatic rings. The van der Waals surface area contributed by atoms with E-state index in [1.165, 1.54) is 18.2 Å². The molecule has 0 saturated heterocycles. The van der Waals surface area contributed by atoms with E-state index in [9.17, 15) is 18.0 Å². The van der Waals surface area contributed by atoms with Crippen molar-refractivity contribution in [2.24, 2.45) is 23.5 Å². The lowest BCUT2D eigenvalue weighted by molar-refractivity contribution is -0.274. The van der Waals surface area contributed by atoms with Gasteiger partial charge in [-0.2, -0.15) is 0 Å². The molecule has 24 heavy (non-hydrogen) atoms. The van der Waals surface area contributed by atoms with Gasteiger partial charge in [-0.3, -0.25) is 4.79 Å². The van der Waals surface area contributed by atoms with Gasteiger partial charge in [0, 0.05) is 18.2 Å². The average Bonchev–Trinajstić information content (AvgIpc) is 3.05. The molecule has 0 aromatic heterocycles. The predicted octanol–water partition coefficient (Wildman–Crippen LogP) is 3.00. The largest absolute Gasteiger partial charge is 0.573 e. The molecule has 0 radical (unpaired) electrons. The van der Waals surface area contributed by atoms with Gasteiger partial charge >= 0.3 is 6.36 Å². The maximum atomic E-state index is 12.4. The first-order valence-corrected chi connectivity index (χ1v) is 7.72. The summed E-state index contributed by atoms with van der Waals surface area (Å²) in [5.41, 5.74) is 6.40. The number of hydrogen-bond acceptors (Lipinski definition) is 3. The molecule has 2 aliphatic carbocycles. The van der Waals surface area contributed by atoms with Crippen LogP contribution < -0.4 is 15.8 Å². The molecular weight excluding hydrogens is 345 g/mol. The first-order chi connectivity index (χ1) is 10.8. The lowest BCUT2D eigenvalue weighted by Crippen LogP contribution is -2.45. The van der Waals surface area contributed by atoms with E-state index >= 15 is 0 Å². The fourth-order valence-corrected chi connectivity index (χ4v) is 3.90. The molecular formula is C16H20ClF3N2O2. The van der Waals surface area contributed by atoms with E-state index in [1.54, 1.807) is 6.07 Å². The number of carbonyl (C=O) groups excluding carboxylic acids is 1. The minimum atomic E-state index is -4.76. The highest BCUT2D eigenvalue weighted by Crippen LogP contribution is 2.47. The molecule has 0 aliphatic heterocycles. The Balaban J connectivity index is 0.00000208. The highest BCUT2D eigenvalue weighted by atomic mass is 35.5. The summed E-state index contributed by atoms with van der Waals surface area (Å²) in [7, 11) is 0. The number of amides is 1. The number of ether oxygens (including phenoxy) is 1. The Hall–Kier alpha value is -1.47. The van der Waals surface area contributed by atoms with E-state index in [0.717, 1.165) is 19.3 Å². The summed E-state index contributed by atoms with van der Waals surface area (Å²) in [5, 5.41) is 2.72. The number of para-hydroxylation sites is 1. The number of alkyl halides is 3. The molecule has 4 unspecified atom stereocenters. The average molecular weight is 365 g/mol. The summed E-state index contributed by atoms with van der Waals surface area (Å²) in [6, 6.07) is 5.66. The molecule has 8 heteroatoms. The number of carbonyl (C=O) groups is 1. The zero-order chi connectivity index (χ0) is 16.6. The minimum Gasteiger partial charge on any atom is -0.405 e. The molecule has 3 N–H and O–H groups in total. The Morgan fingerprint density at radius 1 is 1.25 bits per heavy atom. The van der Waals surface area contributed by atoms with E-state index in [-0.39, 0.29) is 48.1 Å². The van der Waals surface area contributed by atoms with Crippen molar-refractivity contribution in [2.45, 2.75) is 38.2 Å². The van der Waals surface area contributed by atoms with Gasteiger partial charge < -0.3 is 15.8 Å². The van der Waals surface area contributed by atoms with E-state index < -0.39 is 6.36 Å². The Morgan fingerprint density at radius 2 is 1.92 bits per heavy atom. The second-order valence-electron chi connectivity index (χ2n) is 6.31. The van der Waals surface area contributed by atoms with E-state index in [4.69, 9.17) is 5.73 Å². The van der Waals surface area contributed by atoms with Crippen LogP contribution in [0.1, 0.15) is 24.8 Å². The SMILES string of the molecule is Cl.NC1C2CCC(C2)C1C(=O)NCc1ccccc1OC(F)(F)F. The van der Waals surface area contributed by atoms with E-state index in [0.29, 0.717) is 11.8 Å². The van der Waals surface area contributed by atoms with Gasteiger partial charge in [0.2, 0.25) is 5.91 Å². The molecule has 4 nitrogen and oxygen atoms in total. The molecule has 2 fully saturated rings. The van der Waals surface area contributed by atoms with E-state index in [1.807, 2.05) is 0 Å². The third kappa shape index (κ3) is 3.95. The molecule has 3 rings (SSSR count). The first kappa shape index (κ1) is 18.9. The second kappa shape index (κ2) is 7.19. The maximum Gasteiger partial charge on any atom is 0.573 e. The van der Waals surface area contributed by atoms with E-state index in [2.05, 4.69) is 10.1 Å². The zero-order valence-corrected chi connectivity index (χ0v) is 13.7. The van der Waals surface area contributed by atoms with Crippen molar-refractivity contribution < 1.29 is 22.7 Å². The third-order valence-electron chi connectivity index (χ3n) is 4.93. The summed E-state index contributed by atoms with van der Waals surface area (Å²) >= 11 is 0. The number of hydrogen-bond donors (Lipinski definition) is 2. The zero-order valence-electron chi connectivity index (χ0n) is 12.9. The van der Waals surface area contributed by atoms with Crippen LogP contribution in [0, 0.1) is 17.8 Å². The summed E-state index contributed by atoms with van der Waals surface area (Å²) in [6.45, 7) is -0.00824. The Bertz CT molecular complexity index is 595. The lowest BCUT2D eigenvalue weighted by atomic mass is 9.84. The second-order valence-corrected chi connectivity index (χ2v) is 6.31. The molecule has 2 bridgehead atoms. The number of nitrogens with one attached hydrogen (secondary N) is 1. The van der Waals surface area contributed by atoms with Crippen LogP contribution in [-0.4, -0.2) is 18.3 Å². The van der Waals surface area contributed by atoms with Crippen LogP contribution in [0.4, 0.5) is 13.2 Å². The van der Waals surface area contributed by atoms with Crippen molar-refractivity contribution in [1.82, 2.24) is 5.32 Å². The number of fused-ring (bicyclic) bond motifs is 2. The highest BCUT2D eigenvalue weighted by molar-refractivity contribution is 5.85. The van der Waals surface area contributed by atoms with Gasteiger partial charge in [-0.25, -0.2) is 0 Å². The fourth-order valence-electron chi connectivity index (χ4n) is 3.90. The van der Waals surface area contributed by atoms with Gasteiger partial charge in [0.15, 0.2) is 0 Å². The molecule has 2 saturated carbocycles. The Morgan fingerprint density at radius 3 is 2.54 bits per heavy atom. The lowest BCUT2D eigenvalue weighted by Gasteiger charge is -2.27. The molecule has 0 spiro atoms. The van der Waals surface area contributed by atoms with Gasteiger partial charge in [0.05, 0.1) is 5.92 Å². The summed E-state index contributed by atoms with van der Waals surface area (Å²) in [4.78, 5) is 12.4. The van der Waals surface area contributed by atoms with Gasteiger partial charge in [-0.05, 0) is 37.2 Å². The molecule has 134 valence electrons. The van der Waals surface area contributed by atoms with Gasteiger partial charge in [0.25, 0.3) is 0 Å². The van der Waals surface area contributed by atoms with Crippen molar-refractivity contribution in [3.8, 4) is 5.75 Å². The monoisotopic (exact) mass is 364 g/mol. The standard InChI is InChI=1S/C16H19F3N2O2.ClH/c17-16(18,19)23-12-4-2-1-3-11(12)8-21-15(22)13-9-5-6-10(7-9)14(13)20;/h1-4,9-10,13-14H,5-8,20H2,(H,21,22);1H. The first-order valence-electron chi connectivity index (χ1n) is 7.72. The maximum absolute atomic E-state index is 12.4. The van der Waals surface area contributed by atoms with Crippen molar-refractivity contribution in [3.63, 3.8) is 0 Å². The van der Waals surface area contributed by atoms with Gasteiger partial charge in [-0.15, -0.1) is 25.6 Å². The van der Waals surface area contributed by atoms with Crippen LogP contribution in [0.5, 0.6) is 5.75 Å².